The third-order valence-electron chi connectivity index (χ3n) is 0.492. The van der Waals surface area contributed by atoms with E-state index in [0.29, 0.717) is 0 Å². The Kier molecular flexibility index (Phi) is 2.46. The molecule has 0 aliphatic heterocycles. The van der Waals surface area contributed by atoms with Gasteiger partial charge in [0.25, 0.3) is 0 Å². The summed E-state index contributed by atoms with van der Waals surface area (Å²) >= 11 is 0. The Balaban J connectivity index is 3.63. The van der Waals surface area contributed by atoms with Crippen molar-refractivity contribution in [2.75, 3.05) is 6.54 Å². The van der Waals surface area contributed by atoms with Crippen molar-refractivity contribution in [2.45, 2.75) is 0 Å². The summed E-state index contributed by atoms with van der Waals surface area (Å²) in [5.74, 6) is -1.47. The van der Waals surface area contributed by atoms with E-state index < -0.39 is 23.7 Å². The first-order valence-corrected chi connectivity index (χ1v) is 1.93. The average Bonchev–Trinajstić information content (AvgIpc) is 1.63. The molecular formula is C3H4NO5-. The van der Waals surface area contributed by atoms with Crippen molar-refractivity contribution in [2.24, 2.45) is 0 Å². The van der Waals surface area contributed by atoms with Gasteiger partial charge in [0, 0.05) is 0 Å². The number of rotatable bonds is 2. The van der Waals surface area contributed by atoms with Gasteiger partial charge < -0.3 is 20.5 Å². The maximum atomic E-state index is 9.89. The second-order valence-electron chi connectivity index (χ2n) is 1.21. The van der Waals surface area contributed by atoms with E-state index in [2.05, 4.69) is 0 Å². The molecule has 52 valence electrons. The largest absolute Gasteiger partial charge is 0.753 e. The van der Waals surface area contributed by atoms with Crippen LogP contribution in [0.4, 0.5) is 4.79 Å². The maximum absolute atomic E-state index is 9.89. The molecule has 1 amide bonds. The van der Waals surface area contributed by atoms with Gasteiger partial charge in [-0.3, -0.25) is 4.79 Å². The molecule has 0 saturated carbocycles. The molecule has 0 spiro atoms. The van der Waals surface area contributed by atoms with Crippen molar-refractivity contribution in [3.05, 3.63) is 5.21 Å². The zero-order valence-corrected chi connectivity index (χ0v) is 4.27. The molecule has 0 saturated heterocycles. The van der Waals surface area contributed by atoms with Crippen LogP contribution in [0.15, 0.2) is 0 Å². The Morgan fingerprint density at radius 3 is 2.00 bits per heavy atom. The number of hydrogen-bond acceptors (Lipinski definition) is 3. The van der Waals surface area contributed by atoms with Crippen LogP contribution in [0, 0.1) is 5.21 Å². The van der Waals surface area contributed by atoms with Gasteiger partial charge in [-0.15, -0.1) is 0 Å². The lowest BCUT2D eigenvalue weighted by atomic mass is 10.6. The van der Waals surface area contributed by atoms with E-state index in [0.717, 1.165) is 0 Å². The van der Waals surface area contributed by atoms with E-state index in [1.54, 1.807) is 0 Å². The molecule has 6 heteroatoms. The van der Waals surface area contributed by atoms with Crippen LogP contribution >= 0.6 is 0 Å². The van der Waals surface area contributed by atoms with Crippen molar-refractivity contribution in [1.82, 2.24) is 5.06 Å². The molecular weight excluding hydrogens is 130 g/mol. The average molecular weight is 134 g/mol. The predicted molar refractivity (Wildman–Crippen MR) is 25.7 cm³/mol. The van der Waals surface area contributed by atoms with E-state index in [9.17, 15) is 14.8 Å². The lowest BCUT2D eigenvalue weighted by molar-refractivity contribution is -0.137. The third-order valence-corrected chi connectivity index (χ3v) is 0.492. The molecule has 0 radical (unpaired) electrons. The molecule has 9 heavy (non-hydrogen) atoms. The Bertz CT molecular complexity index is 132. The van der Waals surface area contributed by atoms with E-state index in [-0.39, 0.29) is 0 Å². The third kappa shape index (κ3) is 3.30. The van der Waals surface area contributed by atoms with Gasteiger partial charge in [-0.25, -0.2) is 4.79 Å². The van der Waals surface area contributed by atoms with E-state index >= 15 is 0 Å². The molecule has 2 N–H and O–H groups in total. The van der Waals surface area contributed by atoms with Crippen molar-refractivity contribution in [3.63, 3.8) is 0 Å². The van der Waals surface area contributed by atoms with Crippen molar-refractivity contribution in [3.8, 4) is 0 Å². The highest BCUT2D eigenvalue weighted by Gasteiger charge is 2.02. The molecule has 0 aliphatic carbocycles. The van der Waals surface area contributed by atoms with Gasteiger partial charge in [-0.05, 0) is 0 Å². The second-order valence-corrected chi connectivity index (χ2v) is 1.21. The fraction of sp³-hybridized carbons (Fsp3) is 0.333. The van der Waals surface area contributed by atoms with Crippen LogP contribution in [0.1, 0.15) is 0 Å². The molecule has 0 aliphatic rings. The van der Waals surface area contributed by atoms with E-state index in [1.165, 1.54) is 0 Å². The number of carboxylic acids is 1. The first-order valence-electron chi connectivity index (χ1n) is 1.93. The number of carbonyl (C=O) groups is 2. The highest BCUT2D eigenvalue weighted by molar-refractivity contribution is 5.75. The van der Waals surface area contributed by atoms with Crippen LogP contribution < -0.4 is 0 Å². The quantitative estimate of drug-likeness (QED) is 0.498. The van der Waals surface area contributed by atoms with Crippen LogP contribution in [0.3, 0.4) is 0 Å². The Morgan fingerprint density at radius 1 is 1.44 bits per heavy atom. The molecule has 0 aromatic carbocycles. The normalized spacial score (nSPS) is 8.56. The smallest absolute Gasteiger partial charge is 0.396 e. The van der Waals surface area contributed by atoms with Gasteiger partial charge in [-0.1, -0.05) is 0 Å². The minimum Gasteiger partial charge on any atom is -0.753 e. The van der Waals surface area contributed by atoms with Crippen LogP contribution in [-0.2, 0) is 4.79 Å². The minimum absolute atomic E-state index is 0.567. The van der Waals surface area contributed by atoms with Gasteiger partial charge in [0.15, 0.2) is 0 Å². The summed E-state index contributed by atoms with van der Waals surface area (Å²) in [6.07, 6.45) is -1.79. The first kappa shape index (κ1) is 7.70. The number of aliphatic carboxylic acids is 1. The summed E-state index contributed by atoms with van der Waals surface area (Å²) in [6, 6.07) is 0. The summed E-state index contributed by atoms with van der Waals surface area (Å²) in [6.45, 7) is -1.03. The molecule has 0 rings (SSSR count). The molecule has 0 atom stereocenters. The number of hydrogen-bond donors (Lipinski definition) is 2. The van der Waals surface area contributed by atoms with Crippen molar-refractivity contribution >= 4 is 12.1 Å². The first-order chi connectivity index (χ1) is 4.04. The molecule has 0 aromatic rings. The van der Waals surface area contributed by atoms with Crippen molar-refractivity contribution < 1.29 is 19.8 Å². The molecule has 0 bridgehead atoms. The summed E-state index contributed by atoms with van der Waals surface area (Å²) in [5.41, 5.74) is 0. The van der Waals surface area contributed by atoms with Crippen LogP contribution in [0.2, 0.25) is 0 Å². The fourth-order valence-corrected chi connectivity index (χ4v) is 0.190. The van der Waals surface area contributed by atoms with Gasteiger partial charge in [0.1, 0.15) is 6.54 Å². The Labute approximate surface area is 49.9 Å². The molecule has 0 heterocycles. The van der Waals surface area contributed by atoms with Gasteiger partial charge in [0.2, 0.25) is 0 Å². The zero-order chi connectivity index (χ0) is 7.44. The lowest BCUT2D eigenvalue weighted by Gasteiger charge is -2.20. The van der Waals surface area contributed by atoms with Crippen molar-refractivity contribution in [1.29, 1.82) is 0 Å². The van der Waals surface area contributed by atoms with Gasteiger partial charge in [-0.2, -0.15) is 0 Å². The van der Waals surface area contributed by atoms with Gasteiger partial charge in [0.05, 0.1) is 0 Å². The highest BCUT2D eigenvalue weighted by atomic mass is 16.6. The lowest BCUT2D eigenvalue weighted by Crippen LogP contribution is -2.28. The molecule has 0 aromatic heterocycles. The topological polar surface area (TPSA) is 101 Å². The van der Waals surface area contributed by atoms with Crippen LogP contribution in [0.25, 0.3) is 0 Å². The maximum Gasteiger partial charge on any atom is 0.396 e. The number of amides is 1. The zero-order valence-electron chi connectivity index (χ0n) is 4.27. The van der Waals surface area contributed by atoms with Gasteiger partial charge >= 0.3 is 12.1 Å². The standard InChI is InChI=1S/C3H4NO5/c5-2(6)1-4(9)3(7)8/h1H2,(H,5,6)(H,7,8)/q-1. The summed E-state index contributed by atoms with van der Waals surface area (Å²) in [4.78, 5) is 19.2. The SMILES string of the molecule is O=C(O)CN([O-])C(=O)O. The summed E-state index contributed by atoms with van der Waals surface area (Å²) in [5, 5.41) is 24.9. The molecule has 0 unspecified atom stereocenters. The summed E-state index contributed by atoms with van der Waals surface area (Å²) in [7, 11) is 0. The van der Waals surface area contributed by atoms with Crippen LogP contribution in [-0.4, -0.2) is 33.9 Å². The van der Waals surface area contributed by atoms with Crippen LogP contribution in [0.5, 0.6) is 0 Å². The van der Waals surface area contributed by atoms with E-state index in [4.69, 9.17) is 10.2 Å². The highest BCUT2D eigenvalue weighted by Crippen LogP contribution is 1.82. The number of hydroxylamine groups is 2. The second kappa shape index (κ2) is 2.88. The minimum atomic E-state index is -1.79. The monoisotopic (exact) mass is 134 g/mol. The number of carboxylic acid groups (broad SMARTS) is 2. The fourth-order valence-electron chi connectivity index (χ4n) is 0.190. The molecule has 6 nitrogen and oxygen atoms in total. The number of nitrogens with zero attached hydrogens (tertiary/aromatic N) is 1. The van der Waals surface area contributed by atoms with E-state index in [1.807, 2.05) is 0 Å². The summed E-state index contributed by atoms with van der Waals surface area (Å²) < 4.78 is 0. The Hall–Kier alpha value is -1.30. The Morgan fingerprint density at radius 2 is 1.89 bits per heavy atom. The molecule has 0 fully saturated rings. The predicted octanol–water partition coefficient (Wildman–Crippen LogP) is -0.451.